The van der Waals surface area contributed by atoms with Gasteiger partial charge >= 0.3 is 0 Å². The van der Waals surface area contributed by atoms with Gasteiger partial charge in [-0.15, -0.1) is 0 Å². The van der Waals surface area contributed by atoms with Gasteiger partial charge in [0.05, 0.1) is 6.26 Å². The molecule has 0 N–H and O–H groups in total. The van der Waals surface area contributed by atoms with Crippen molar-refractivity contribution >= 4 is 10.0 Å². The molecule has 23 heavy (non-hydrogen) atoms. The fourth-order valence-corrected chi connectivity index (χ4v) is 3.63. The summed E-state index contributed by atoms with van der Waals surface area (Å²) in [4.78, 5) is 8.73. The van der Waals surface area contributed by atoms with Gasteiger partial charge in [0.2, 0.25) is 15.9 Å². The van der Waals surface area contributed by atoms with Crippen LogP contribution in [0.25, 0.3) is 0 Å². The van der Waals surface area contributed by atoms with Crippen LogP contribution in [0, 0.1) is 0 Å². The smallest absolute Gasteiger partial charge is 0.241 e. The van der Waals surface area contributed by atoms with Crippen molar-refractivity contribution < 1.29 is 13.2 Å². The van der Waals surface area contributed by atoms with Crippen molar-refractivity contribution in [1.82, 2.24) is 14.3 Å². The second kappa shape index (κ2) is 6.64. The van der Waals surface area contributed by atoms with Crippen LogP contribution in [0.2, 0.25) is 0 Å². The summed E-state index contributed by atoms with van der Waals surface area (Å²) in [6, 6.07) is 9.45. The Morgan fingerprint density at radius 3 is 2.39 bits per heavy atom. The molecule has 0 saturated carbocycles. The maximum Gasteiger partial charge on any atom is 0.241 e. The molecule has 6 nitrogen and oxygen atoms in total. The molecular weight excluding hydrogens is 314 g/mol. The Morgan fingerprint density at radius 2 is 1.74 bits per heavy atom. The van der Waals surface area contributed by atoms with Crippen LogP contribution in [-0.4, -0.2) is 42.0 Å². The van der Waals surface area contributed by atoms with Gasteiger partial charge in [-0.2, -0.15) is 0 Å². The highest BCUT2D eigenvalue weighted by atomic mass is 32.2. The van der Waals surface area contributed by atoms with Crippen LogP contribution in [0.4, 0.5) is 0 Å². The molecule has 2 aromatic rings. The van der Waals surface area contributed by atoms with Gasteiger partial charge < -0.3 is 4.74 Å². The normalized spacial score (nSPS) is 17.1. The third kappa shape index (κ3) is 3.86. The van der Waals surface area contributed by atoms with Crippen molar-refractivity contribution in [2.45, 2.75) is 18.8 Å². The molecule has 3 rings (SSSR count). The highest BCUT2D eigenvalue weighted by Gasteiger charge is 2.28. The van der Waals surface area contributed by atoms with Crippen LogP contribution >= 0.6 is 0 Å². The summed E-state index contributed by atoms with van der Waals surface area (Å²) in [7, 11) is -3.12. The summed E-state index contributed by atoms with van der Waals surface area (Å²) in [5.41, 5.74) is 0.796. The highest BCUT2D eigenvalue weighted by Crippen LogP contribution is 2.33. The summed E-state index contributed by atoms with van der Waals surface area (Å²) in [6.07, 6.45) is 5.94. The fraction of sp³-hybridized carbons (Fsp3) is 0.375. The topological polar surface area (TPSA) is 72.4 Å². The van der Waals surface area contributed by atoms with E-state index in [1.165, 1.54) is 10.6 Å². The molecule has 1 aliphatic rings. The summed E-state index contributed by atoms with van der Waals surface area (Å²) in [5, 5.41) is 0. The Kier molecular flexibility index (Phi) is 4.58. The van der Waals surface area contributed by atoms with Crippen molar-refractivity contribution in [3.63, 3.8) is 0 Å². The van der Waals surface area contributed by atoms with Crippen LogP contribution in [0.5, 0.6) is 11.6 Å². The Labute approximate surface area is 136 Å². The molecule has 2 heterocycles. The van der Waals surface area contributed by atoms with Gasteiger partial charge in [-0.3, -0.25) is 4.98 Å². The molecule has 1 aromatic carbocycles. The molecule has 1 saturated heterocycles. The number of ether oxygens (including phenoxy) is 1. The molecule has 1 aromatic heterocycles. The van der Waals surface area contributed by atoms with Gasteiger partial charge in [-0.05, 0) is 25.0 Å². The lowest BCUT2D eigenvalue weighted by atomic mass is 9.94. The average Bonchev–Trinajstić information content (AvgIpc) is 2.56. The summed E-state index contributed by atoms with van der Waals surface area (Å²) in [5.74, 6) is 1.36. The monoisotopic (exact) mass is 333 g/mol. The van der Waals surface area contributed by atoms with E-state index in [0.717, 1.165) is 18.5 Å². The summed E-state index contributed by atoms with van der Waals surface area (Å²) >= 11 is 0. The van der Waals surface area contributed by atoms with Gasteiger partial charge in [0, 0.05) is 31.4 Å². The third-order valence-electron chi connectivity index (χ3n) is 3.96. The molecule has 0 aliphatic carbocycles. The first-order chi connectivity index (χ1) is 11.0. The minimum absolute atomic E-state index is 0.153. The zero-order chi connectivity index (χ0) is 16.3. The van der Waals surface area contributed by atoms with E-state index in [-0.39, 0.29) is 5.92 Å². The predicted octanol–water partition coefficient (Wildman–Crippen LogP) is 2.41. The molecule has 0 radical (unpaired) electrons. The number of para-hydroxylation sites is 1. The van der Waals surface area contributed by atoms with Crippen LogP contribution in [-0.2, 0) is 10.0 Å². The number of sulfonamides is 1. The number of piperidine rings is 1. The molecule has 122 valence electrons. The van der Waals surface area contributed by atoms with E-state index in [4.69, 9.17) is 4.74 Å². The molecule has 0 spiro atoms. The van der Waals surface area contributed by atoms with E-state index >= 15 is 0 Å². The van der Waals surface area contributed by atoms with E-state index < -0.39 is 10.0 Å². The second-order valence-corrected chi connectivity index (χ2v) is 7.58. The lowest BCUT2D eigenvalue weighted by Gasteiger charge is -2.30. The maximum atomic E-state index is 11.6. The van der Waals surface area contributed by atoms with E-state index in [0.29, 0.717) is 24.7 Å². The first-order valence-electron chi connectivity index (χ1n) is 7.53. The van der Waals surface area contributed by atoms with E-state index in [1.807, 2.05) is 30.3 Å². The van der Waals surface area contributed by atoms with Crippen molar-refractivity contribution in [3.8, 4) is 11.6 Å². The van der Waals surface area contributed by atoms with E-state index in [1.54, 1.807) is 12.4 Å². The maximum absolute atomic E-state index is 11.6. The van der Waals surface area contributed by atoms with Gasteiger partial charge in [0.25, 0.3) is 0 Å². The number of aromatic nitrogens is 2. The van der Waals surface area contributed by atoms with Gasteiger partial charge in [-0.25, -0.2) is 17.7 Å². The standard InChI is InChI=1S/C16H19N3O3S/c1-23(20,21)19-11-7-13(8-12-19)15-16(18-10-9-17-15)22-14-5-3-2-4-6-14/h2-6,9-10,13H,7-8,11-12H2,1H3. The molecular formula is C16H19N3O3S. The predicted molar refractivity (Wildman–Crippen MR) is 86.9 cm³/mol. The number of benzene rings is 1. The molecule has 7 heteroatoms. The molecule has 0 bridgehead atoms. The Balaban J connectivity index is 1.77. The first-order valence-corrected chi connectivity index (χ1v) is 9.38. The van der Waals surface area contributed by atoms with Crippen molar-refractivity contribution in [3.05, 3.63) is 48.4 Å². The minimum atomic E-state index is -3.12. The second-order valence-electron chi connectivity index (χ2n) is 5.60. The van der Waals surface area contributed by atoms with Crippen LogP contribution < -0.4 is 4.74 Å². The number of nitrogens with zero attached hydrogens (tertiary/aromatic N) is 3. The van der Waals surface area contributed by atoms with Gasteiger partial charge in [0.15, 0.2) is 0 Å². The summed E-state index contributed by atoms with van der Waals surface area (Å²) < 4.78 is 30.6. The van der Waals surface area contributed by atoms with Crippen molar-refractivity contribution in [2.24, 2.45) is 0 Å². The first kappa shape index (κ1) is 15.9. The molecule has 1 fully saturated rings. The third-order valence-corrected chi connectivity index (χ3v) is 5.26. The Hall–Kier alpha value is -1.99. The van der Waals surface area contributed by atoms with E-state index in [9.17, 15) is 8.42 Å². The Bertz CT molecular complexity index is 757. The molecule has 0 atom stereocenters. The molecule has 1 aliphatic heterocycles. The zero-order valence-electron chi connectivity index (χ0n) is 12.9. The van der Waals surface area contributed by atoms with Gasteiger partial charge in [-0.1, -0.05) is 18.2 Å². The van der Waals surface area contributed by atoms with Crippen molar-refractivity contribution in [1.29, 1.82) is 0 Å². The van der Waals surface area contributed by atoms with Crippen LogP contribution in [0.15, 0.2) is 42.7 Å². The SMILES string of the molecule is CS(=O)(=O)N1CCC(c2nccnc2Oc2ccccc2)CC1. The van der Waals surface area contributed by atoms with Gasteiger partial charge in [0.1, 0.15) is 11.4 Å². The largest absolute Gasteiger partial charge is 0.437 e. The fourth-order valence-electron chi connectivity index (χ4n) is 2.76. The number of hydrogen-bond donors (Lipinski definition) is 0. The number of rotatable bonds is 4. The molecule has 0 unspecified atom stereocenters. The Morgan fingerprint density at radius 1 is 1.09 bits per heavy atom. The van der Waals surface area contributed by atoms with E-state index in [2.05, 4.69) is 9.97 Å². The highest BCUT2D eigenvalue weighted by molar-refractivity contribution is 7.88. The van der Waals surface area contributed by atoms with Crippen LogP contribution in [0.1, 0.15) is 24.5 Å². The van der Waals surface area contributed by atoms with Crippen molar-refractivity contribution in [2.75, 3.05) is 19.3 Å². The quantitative estimate of drug-likeness (QED) is 0.859. The molecule has 0 amide bonds. The van der Waals surface area contributed by atoms with Crippen LogP contribution in [0.3, 0.4) is 0 Å². The number of hydrogen-bond acceptors (Lipinski definition) is 5. The summed E-state index contributed by atoms with van der Waals surface area (Å²) in [6.45, 7) is 1.01. The lowest BCUT2D eigenvalue weighted by molar-refractivity contribution is 0.312. The zero-order valence-corrected chi connectivity index (χ0v) is 13.7. The lowest BCUT2D eigenvalue weighted by Crippen LogP contribution is -2.37. The average molecular weight is 333 g/mol. The minimum Gasteiger partial charge on any atom is -0.437 e.